The molecule has 7 heteroatoms. The summed E-state index contributed by atoms with van der Waals surface area (Å²) in [6.07, 6.45) is 1.34. The zero-order valence-corrected chi connectivity index (χ0v) is 20.2. The third kappa shape index (κ3) is 4.16. The number of aryl methyl sites for hydroxylation is 1. The molecular weight excluding hydrogens is 444 g/mol. The van der Waals surface area contributed by atoms with Gasteiger partial charge in [-0.1, -0.05) is 84.6 Å². The number of carbonyl (C=O) groups excluding carboxylic acids is 2. The Morgan fingerprint density at radius 2 is 1.65 bits per heavy atom. The molecule has 2 aliphatic heterocycles. The van der Waals surface area contributed by atoms with Crippen LogP contribution in [0.1, 0.15) is 17.5 Å². The van der Waals surface area contributed by atoms with Crippen LogP contribution in [0, 0.1) is 0 Å². The van der Waals surface area contributed by atoms with E-state index in [0.29, 0.717) is 6.54 Å². The number of hydrogen-bond acceptors (Lipinski definition) is 5. The Morgan fingerprint density at radius 3 is 2.47 bits per heavy atom. The summed E-state index contributed by atoms with van der Waals surface area (Å²) in [4.78, 5) is 35.5. The molecule has 1 fully saturated rings. The summed E-state index contributed by atoms with van der Waals surface area (Å²) in [5, 5.41) is 3.27. The van der Waals surface area contributed by atoms with Crippen LogP contribution < -0.4 is 0 Å². The van der Waals surface area contributed by atoms with Gasteiger partial charge in [0.05, 0.1) is 0 Å². The van der Waals surface area contributed by atoms with Crippen LogP contribution in [0.5, 0.6) is 0 Å². The van der Waals surface area contributed by atoms with Gasteiger partial charge in [0.1, 0.15) is 0 Å². The maximum absolute atomic E-state index is 13.2. The first-order valence-corrected chi connectivity index (χ1v) is 12.6. The zero-order valence-electron chi connectivity index (χ0n) is 19.4. The molecule has 34 heavy (non-hydrogen) atoms. The highest BCUT2D eigenvalue weighted by Gasteiger charge is 2.50. The average molecular weight is 473 g/mol. The molecule has 1 saturated heterocycles. The van der Waals surface area contributed by atoms with E-state index < -0.39 is 12.2 Å². The molecule has 0 bridgehead atoms. The van der Waals surface area contributed by atoms with E-state index in [-0.39, 0.29) is 11.9 Å². The maximum atomic E-state index is 13.2. The van der Waals surface area contributed by atoms with Crippen LogP contribution in [0.3, 0.4) is 0 Å². The van der Waals surface area contributed by atoms with Gasteiger partial charge in [-0.2, -0.15) is 0 Å². The summed E-state index contributed by atoms with van der Waals surface area (Å²) >= 11 is 1.65. The number of benzene rings is 3. The molecule has 3 aromatic rings. The lowest BCUT2D eigenvalue weighted by Crippen LogP contribution is -2.63. The first-order chi connectivity index (χ1) is 16.5. The fourth-order valence-electron chi connectivity index (χ4n) is 4.75. The Labute approximate surface area is 204 Å². The van der Waals surface area contributed by atoms with Crippen LogP contribution in [0.4, 0.5) is 4.79 Å². The molecule has 0 aliphatic carbocycles. The van der Waals surface area contributed by atoms with E-state index in [1.807, 2.05) is 18.2 Å². The second kappa shape index (κ2) is 9.50. The van der Waals surface area contributed by atoms with Crippen molar-refractivity contribution in [1.82, 2.24) is 14.7 Å². The van der Waals surface area contributed by atoms with E-state index in [4.69, 9.17) is 4.99 Å². The van der Waals surface area contributed by atoms with Gasteiger partial charge in [-0.25, -0.2) is 9.79 Å². The van der Waals surface area contributed by atoms with Gasteiger partial charge in [-0.15, -0.1) is 0 Å². The van der Waals surface area contributed by atoms with Crippen LogP contribution in [0.15, 0.2) is 77.8 Å². The van der Waals surface area contributed by atoms with E-state index in [1.54, 1.807) is 30.8 Å². The topological polar surface area (TPSA) is 56.2 Å². The minimum Gasteiger partial charge on any atom is -0.336 e. The number of thioether (sulfide) groups is 1. The number of carbonyl (C=O) groups is 2. The molecule has 2 unspecified atom stereocenters. The van der Waals surface area contributed by atoms with Crippen molar-refractivity contribution >= 4 is 39.6 Å². The summed E-state index contributed by atoms with van der Waals surface area (Å²) in [7, 11) is 3.29. The Hall–Kier alpha value is -3.32. The number of rotatable bonds is 6. The number of likely N-dealkylation sites (N-methyl/N-ethyl adjacent to an activating group) is 2. The second-order valence-corrected chi connectivity index (χ2v) is 9.71. The van der Waals surface area contributed by atoms with Crippen molar-refractivity contribution in [3.63, 3.8) is 0 Å². The van der Waals surface area contributed by atoms with Crippen molar-refractivity contribution in [3.05, 3.63) is 83.9 Å². The first kappa shape index (κ1) is 22.5. The van der Waals surface area contributed by atoms with Crippen molar-refractivity contribution in [2.45, 2.75) is 30.8 Å². The number of urea groups is 1. The van der Waals surface area contributed by atoms with Crippen LogP contribution in [0.2, 0.25) is 0 Å². The summed E-state index contributed by atoms with van der Waals surface area (Å²) < 4.78 is 0. The summed E-state index contributed by atoms with van der Waals surface area (Å²) in [6.45, 7) is 0.707. The molecule has 0 saturated carbocycles. The highest BCUT2D eigenvalue weighted by Crippen LogP contribution is 2.33. The Kier molecular flexibility index (Phi) is 6.28. The molecule has 0 spiro atoms. The highest BCUT2D eigenvalue weighted by molar-refractivity contribution is 8.13. The minimum absolute atomic E-state index is 0.183. The van der Waals surface area contributed by atoms with Crippen molar-refractivity contribution in [2.75, 3.05) is 20.6 Å². The SMILES string of the molecule is CN1C(=O)C2C(N=C(SCc3cccc4ccccc34)N2CCCc2ccccc2)N(C)C1=O. The lowest BCUT2D eigenvalue weighted by atomic mass is 10.1. The predicted molar refractivity (Wildman–Crippen MR) is 138 cm³/mol. The fourth-order valence-corrected chi connectivity index (χ4v) is 5.84. The van der Waals surface area contributed by atoms with E-state index >= 15 is 0 Å². The highest BCUT2D eigenvalue weighted by atomic mass is 32.2. The zero-order chi connectivity index (χ0) is 23.7. The Bertz CT molecular complexity index is 1240. The molecular formula is C27H28N4O2S. The van der Waals surface area contributed by atoms with Crippen molar-refractivity contribution in [1.29, 1.82) is 0 Å². The van der Waals surface area contributed by atoms with E-state index in [1.165, 1.54) is 26.8 Å². The molecule has 3 aromatic carbocycles. The van der Waals surface area contributed by atoms with Gasteiger partial charge in [-0.05, 0) is 34.7 Å². The van der Waals surface area contributed by atoms with Crippen molar-refractivity contribution in [3.8, 4) is 0 Å². The van der Waals surface area contributed by atoms with Gasteiger partial charge in [0.15, 0.2) is 17.4 Å². The third-order valence-corrected chi connectivity index (χ3v) is 7.67. The van der Waals surface area contributed by atoms with Crippen LogP contribution in [-0.2, 0) is 17.0 Å². The molecule has 5 rings (SSSR count). The monoisotopic (exact) mass is 472 g/mol. The number of aliphatic imine (C=N–C) groups is 1. The van der Waals surface area contributed by atoms with E-state index in [2.05, 4.69) is 59.5 Å². The molecule has 2 atom stereocenters. The number of fused-ring (bicyclic) bond motifs is 2. The van der Waals surface area contributed by atoms with Gasteiger partial charge in [-0.3, -0.25) is 9.69 Å². The largest absolute Gasteiger partial charge is 0.336 e. The number of hydrogen-bond donors (Lipinski definition) is 0. The lowest BCUT2D eigenvalue weighted by molar-refractivity contribution is -0.136. The van der Waals surface area contributed by atoms with E-state index in [0.717, 1.165) is 23.8 Å². The van der Waals surface area contributed by atoms with Crippen molar-refractivity contribution in [2.24, 2.45) is 4.99 Å². The van der Waals surface area contributed by atoms with Crippen LogP contribution in [-0.4, -0.2) is 64.7 Å². The Morgan fingerprint density at radius 1 is 0.912 bits per heavy atom. The van der Waals surface area contributed by atoms with Gasteiger partial charge in [0.25, 0.3) is 5.91 Å². The number of amidine groups is 1. The summed E-state index contributed by atoms with van der Waals surface area (Å²) in [5.74, 6) is 0.563. The molecule has 0 N–H and O–H groups in total. The standard InChI is InChI=1S/C27H28N4O2S/c1-29-24-23(25(32)30(2)27(29)33)31(17-9-12-19-10-4-3-5-11-19)26(28-24)34-18-21-15-8-14-20-13-6-7-16-22(20)21/h3-8,10-11,13-16,23-24H,9,12,17-18H2,1-2H3. The lowest BCUT2D eigenvalue weighted by Gasteiger charge is -2.40. The molecule has 0 radical (unpaired) electrons. The number of imide groups is 1. The molecule has 6 nitrogen and oxygen atoms in total. The molecule has 2 aliphatic rings. The minimum atomic E-state index is -0.483. The molecule has 174 valence electrons. The van der Waals surface area contributed by atoms with E-state index in [9.17, 15) is 9.59 Å². The molecule has 3 amide bonds. The van der Waals surface area contributed by atoms with Crippen LogP contribution >= 0.6 is 11.8 Å². The maximum Gasteiger partial charge on any atom is 0.328 e. The first-order valence-electron chi connectivity index (χ1n) is 11.6. The molecule has 2 heterocycles. The summed E-state index contributed by atoms with van der Waals surface area (Å²) in [5.41, 5.74) is 2.51. The number of nitrogens with zero attached hydrogens (tertiary/aromatic N) is 4. The van der Waals surface area contributed by atoms with Gasteiger partial charge in [0, 0.05) is 26.4 Å². The quantitative estimate of drug-likeness (QED) is 0.526. The van der Waals surface area contributed by atoms with Gasteiger partial charge < -0.3 is 9.80 Å². The predicted octanol–water partition coefficient (Wildman–Crippen LogP) is 4.60. The van der Waals surface area contributed by atoms with Gasteiger partial charge in [0.2, 0.25) is 0 Å². The van der Waals surface area contributed by atoms with Crippen LogP contribution in [0.25, 0.3) is 10.8 Å². The third-order valence-electron chi connectivity index (χ3n) is 6.62. The smallest absolute Gasteiger partial charge is 0.328 e. The summed E-state index contributed by atoms with van der Waals surface area (Å²) in [6, 6.07) is 24.3. The Balaban J connectivity index is 1.38. The van der Waals surface area contributed by atoms with Crippen molar-refractivity contribution < 1.29 is 9.59 Å². The molecule has 0 aromatic heterocycles. The fraction of sp³-hybridized carbons (Fsp3) is 0.296. The number of amides is 3. The van der Waals surface area contributed by atoms with Gasteiger partial charge >= 0.3 is 6.03 Å². The normalized spacial score (nSPS) is 20.2. The second-order valence-electron chi connectivity index (χ2n) is 8.77. The average Bonchev–Trinajstić information content (AvgIpc) is 3.24.